The molecule has 0 spiro atoms. The minimum atomic E-state index is -0.155. The maximum absolute atomic E-state index is 10.8. The molecular formula is C30H42INO2. The molecule has 2 aromatic rings. The molecule has 2 aromatic carbocycles. The van der Waals surface area contributed by atoms with E-state index in [1.54, 1.807) is 0 Å². The lowest BCUT2D eigenvalue weighted by atomic mass is 9.56. The highest BCUT2D eigenvalue weighted by atomic mass is 127. The Morgan fingerprint density at radius 3 is 2.29 bits per heavy atom. The number of fused-ring (bicyclic) bond motifs is 4. The zero-order valence-corrected chi connectivity index (χ0v) is 23.4. The van der Waals surface area contributed by atoms with Crippen LogP contribution >= 0.6 is 22.6 Å². The lowest BCUT2D eigenvalue weighted by Gasteiger charge is -2.56. The lowest BCUT2D eigenvalue weighted by molar-refractivity contribution is -0.0808. The number of rotatable bonds is 6. The van der Waals surface area contributed by atoms with Gasteiger partial charge in [0.25, 0.3) is 0 Å². The van der Waals surface area contributed by atoms with Crippen molar-refractivity contribution in [3.05, 3.63) is 42.0 Å². The molecule has 6 rings (SSSR count). The molecule has 2 bridgehead atoms. The number of aliphatic hydroxyl groups excluding tert-OH is 1. The van der Waals surface area contributed by atoms with Gasteiger partial charge in [0.2, 0.25) is 0 Å². The molecule has 4 aliphatic rings. The first-order valence-electron chi connectivity index (χ1n) is 13.4. The van der Waals surface area contributed by atoms with Crippen molar-refractivity contribution < 1.29 is 9.84 Å². The molecular weight excluding hydrogens is 533 g/mol. The zero-order chi connectivity index (χ0) is 24.0. The first-order valence-corrected chi connectivity index (χ1v) is 14.9. The van der Waals surface area contributed by atoms with Crippen molar-refractivity contribution in [3.63, 3.8) is 0 Å². The molecule has 4 heteroatoms. The third-order valence-corrected chi connectivity index (χ3v) is 11.0. The van der Waals surface area contributed by atoms with Crippen LogP contribution in [0.1, 0.15) is 84.1 Å². The number of alkyl halides is 1. The molecule has 3 nitrogen and oxygen atoms in total. The first-order chi connectivity index (χ1) is 16.2. The van der Waals surface area contributed by atoms with Gasteiger partial charge in [-0.25, -0.2) is 0 Å². The number of ether oxygens (including phenoxy) is 1. The molecule has 0 aromatic heterocycles. The van der Waals surface area contributed by atoms with E-state index in [1.807, 2.05) is 0 Å². The van der Waals surface area contributed by atoms with Gasteiger partial charge < -0.3 is 15.2 Å². The monoisotopic (exact) mass is 575 g/mol. The SMILES string of the molecule is CC(C)(C)C1CCC(Oc2ccc3cc(CNC45CCC(CI)(CC4)C(O)C5)ccc3c2)CC1. The van der Waals surface area contributed by atoms with Crippen molar-refractivity contribution in [3.8, 4) is 5.75 Å². The van der Waals surface area contributed by atoms with Gasteiger partial charge in [-0.05, 0) is 104 Å². The largest absolute Gasteiger partial charge is 0.490 e. The molecule has 186 valence electrons. The molecule has 0 radical (unpaired) electrons. The van der Waals surface area contributed by atoms with Gasteiger partial charge in [-0.2, -0.15) is 0 Å². The number of hydrogen-bond acceptors (Lipinski definition) is 3. The summed E-state index contributed by atoms with van der Waals surface area (Å²) in [4.78, 5) is 0. The maximum Gasteiger partial charge on any atom is 0.120 e. The van der Waals surface area contributed by atoms with Crippen LogP contribution in [-0.4, -0.2) is 27.3 Å². The summed E-state index contributed by atoms with van der Waals surface area (Å²) in [5.74, 6) is 1.82. The van der Waals surface area contributed by atoms with Crippen molar-refractivity contribution in [1.82, 2.24) is 5.32 Å². The third kappa shape index (κ3) is 5.01. The first kappa shape index (κ1) is 24.8. The summed E-state index contributed by atoms with van der Waals surface area (Å²) in [6.45, 7) is 7.98. The number of hydrogen-bond donors (Lipinski definition) is 2. The average Bonchev–Trinajstić information content (AvgIpc) is 2.83. The normalized spacial score (nSPS) is 33.9. The van der Waals surface area contributed by atoms with E-state index < -0.39 is 0 Å². The van der Waals surface area contributed by atoms with Crippen LogP contribution in [-0.2, 0) is 6.54 Å². The topological polar surface area (TPSA) is 41.5 Å². The Bertz CT molecular complexity index is 997. The fourth-order valence-electron chi connectivity index (χ4n) is 6.81. The summed E-state index contributed by atoms with van der Waals surface area (Å²) in [6.07, 6.45) is 10.7. The van der Waals surface area contributed by atoms with Gasteiger partial charge in [0, 0.05) is 21.9 Å². The van der Waals surface area contributed by atoms with E-state index in [1.165, 1.54) is 54.9 Å². The number of aliphatic hydroxyl groups is 1. The van der Waals surface area contributed by atoms with Gasteiger partial charge in [-0.1, -0.05) is 61.6 Å². The molecule has 4 fully saturated rings. The van der Waals surface area contributed by atoms with E-state index in [4.69, 9.17) is 4.74 Å². The van der Waals surface area contributed by atoms with Crippen LogP contribution in [0.2, 0.25) is 0 Å². The van der Waals surface area contributed by atoms with Gasteiger partial charge in [0.05, 0.1) is 12.2 Å². The van der Waals surface area contributed by atoms with Gasteiger partial charge in [-0.3, -0.25) is 0 Å². The molecule has 1 unspecified atom stereocenters. The molecule has 34 heavy (non-hydrogen) atoms. The molecule has 0 amide bonds. The predicted molar refractivity (Wildman–Crippen MR) is 150 cm³/mol. The zero-order valence-electron chi connectivity index (χ0n) is 21.2. The van der Waals surface area contributed by atoms with Crippen LogP contribution in [0.3, 0.4) is 0 Å². The fourth-order valence-corrected chi connectivity index (χ4v) is 8.08. The second-order valence-electron chi connectivity index (χ2n) is 12.7. The highest BCUT2D eigenvalue weighted by molar-refractivity contribution is 14.1. The molecule has 0 heterocycles. The maximum atomic E-state index is 10.8. The van der Waals surface area contributed by atoms with Gasteiger partial charge >= 0.3 is 0 Å². The second-order valence-corrected chi connectivity index (χ2v) is 13.4. The number of benzene rings is 2. The van der Waals surface area contributed by atoms with Crippen molar-refractivity contribution in [2.75, 3.05) is 4.43 Å². The Labute approximate surface area is 219 Å². The molecule has 2 N–H and O–H groups in total. The number of nitrogens with one attached hydrogen (secondary N) is 1. The predicted octanol–water partition coefficient (Wildman–Crippen LogP) is 7.41. The molecule has 1 atom stereocenters. The summed E-state index contributed by atoms with van der Waals surface area (Å²) in [6, 6.07) is 13.4. The van der Waals surface area contributed by atoms with Crippen molar-refractivity contribution in [1.29, 1.82) is 0 Å². The van der Waals surface area contributed by atoms with E-state index in [9.17, 15) is 5.11 Å². The fraction of sp³-hybridized carbons (Fsp3) is 0.667. The Balaban J connectivity index is 1.19. The van der Waals surface area contributed by atoms with Crippen LogP contribution < -0.4 is 10.1 Å². The Morgan fingerprint density at radius 1 is 0.971 bits per heavy atom. The van der Waals surface area contributed by atoms with Crippen LogP contribution in [0.5, 0.6) is 5.75 Å². The van der Waals surface area contributed by atoms with Crippen LogP contribution in [0.25, 0.3) is 10.8 Å². The summed E-state index contributed by atoms with van der Waals surface area (Å²) in [5, 5.41) is 17.2. The standard InChI is InChI=1S/C30H42INO2/c1-28(2,3)24-7-10-25(11-8-24)34-26-9-6-22-16-21(4-5-23(22)17-26)19-32-30-14-12-29(20-31,13-15-30)27(33)18-30/h4-6,9,16-17,24-25,27,32-33H,7-8,10-15,18-20H2,1-3H3. The molecule has 4 saturated carbocycles. The Morgan fingerprint density at radius 2 is 1.65 bits per heavy atom. The minimum absolute atomic E-state index is 0.117. The van der Waals surface area contributed by atoms with Crippen LogP contribution in [0.15, 0.2) is 36.4 Å². The molecule has 4 aliphatic carbocycles. The molecule has 0 aliphatic heterocycles. The van der Waals surface area contributed by atoms with Crippen molar-refractivity contribution in [2.24, 2.45) is 16.7 Å². The summed E-state index contributed by atoms with van der Waals surface area (Å²) >= 11 is 2.47. The second kappa shape index (κ2) is 9.55. The number of halogens is 1. The van der Waals surface area contributed by atoms with E-state index in [0.717, 1.165) is 41.9 Å². The third-order valence-electron chi connectivity index (χ3n) is 9.51. The summed E-state index contributed by atoms with van der Waals surface area (Å²) in [7, 11) is 0. The van der Waals surface area contributed by atoms with E-state index >= 15 is 0 Å². The lowest BCUT2D eigenvalue weighted by Crippen LogP contribution is -2.61. The van der Waals surface area contributed by atoms with E-state index in [0.29, 0.717) is 11.5 Å². The van der Waals surface area contributed by atoms with Crippen molar-refractivity contribution in [2.45, 2.75) is 103 Å². The Kier molecular flexibility index (Phi) is 6.97. The quantitative estimate of drug-likeness (QED) is 0.279. The highest BCUT2D eigenvalue weighted by Crippen LogP contribution is 2.53. The molecule has 0 saturated heterocycles. The van der Waals surface area contributed by atoms with Crippen LogP contribution in [0.4, 0.5) is 0 Å². The summed E-state index contributed by atoms with van der Waals surface area (Å²) < 4.78 is 7.48. The smallest absolute Gasteiger partial charge is 0.120 e. The van der Waals surface area contributed by atoms with E-state index in [-0.39, 0.29) is 17.1 Å². The van der Waals surface area contributed by atoms with E-state index in [2.05, 4.69) is 85.1 Å². The Hall–Kier alpha value is -0.850. The average molecular weight is 576 g/mol. The minimum Gasteiger partial charge on any atom is -0.490 e. The highest BCUT2D eigenvalue weighted by Gasteiger charge is 2.53. The van der Waals surface area contributed by atoms with Crippen molar-refractivity contribution >= 4 is 33.4 Å². The van der Waals surface area contributed by atoms with Gasteiger partial charge in [0.1, 0.15) is 5.75 Å². The van der Waals surface area contributed by atoms with Crippen LogP contribution in [0, 0.1) is 16.7 Å². The van der Waals surface area contributed by atoms with Gasteiger partial charge in [-0.15, -0.1) is 0 Å². The summed E-state index contributed by atoms with van der Waals surface area (Å²) in [5.41, 5.74) is 2.03. The van der Waals surface area contributed by atoms with Gasteiger partial charge in [0.15, 0.2) is 0 Å².